The molecule has 0 saturated heterocycles. The number of rotatable bonds is 9. The Morgan fingerprint density at radius 3 is 2.28 bits per heavy atom. The third kappa shape index (κ3) is 7.18. The lowest BCUT2D eigenvalue weighted by atomic mass is 10.0. The van der Waals surface area contributed by atoms with E-state index in [-0.39, 0.29) is 18.4 Å². The molecule has 0 bridgehead atoms. The standard InChI is InChI=1S/C20H24N2O3/c1-15(23)22-18-9-7-17(8-10-18)14-21-19(11-12-20(24)25)13-16-5-3-2-4-6-16/h2-10,19,21H,11-14H2,1H3,(H,22,23)(H,24,25). The van der Waals surface area contributed by atoms with E-state index in [2.05, 4.69) is 22.8 Å². The summed E-state index contributed by atoms with van der Waals surface area (Å²) < 4.78 is 0. The summed E-state index contributed by atoms with van der Waals surface area (Å²) in [6, 6.07) is 17.8. The Labute approximate surface area is 148 Å². The highest BCUT2D eigenvalue weighted by molar-refractivity contribution is 5.88. The maximum Gasteiger partial charge on any atom is 0.303 e. The summed E-state index contributed by atoms with van der Waals surface area (Å²) in [6.07, 6.45) is 1.51. The third-order valence-corrected chi connectivity index (χ3v) is 3.90. The van der Waals surface area contributed by atoms with Gasteiger partial charge in [0.1, 0.15) is 0 Å². The second kappa shape index (κ2) is 9.59. The van der Waals surface area contributed by atoms with E-state index in [1.165, 1.54) is 12.5 Å². The van der Waals surface area contributed by atoms with Crippen LogP contribution < -0.4 is 10.6 Å². The lowest BCUT2D eigenvalue weighted by Gasteiger charge is -2.18. The van der Waals surface area contributed by atoms with Gasteiger partial charge in [0.25, 0.3) is 0 Å². The van der Waals surface area contributed by atoms with Gasteiger partial charge in [-0.2, -0.15) is 0 Å². The third-order valence-electron chi connectivity index (χ3n) is 3.90. The summed E-state index contributed by atoms with van der Waals surface area (Å²) >= 11 is 0. The number of hydrogen-bond donors (Lipinski definition) is 3. The Morgan fingerprint density at radius 1 is 1.00 bits per heavy atom. The Bertz CT molecular complexity index is 684. The zero-order valence-corrected chi connectivity index (χ0v) is 14.4. The summed E-state index contributed by atoms with van der Waals surface area (Å²) in [5, 5.41) is 15.1. The molecule has 2 aromatic rings. The molecule has 0 aliphatic rings. The molecular weight excluding hydrogens is 316 g/mol. The van der Waals surface area contributed by atoms with Crippen molar-refractivity contribution in [2.75, 3.05) is 5.32 Å². The van der Waals surface area contributed by atoms with Gasteiger partial charge in [-0.05, 0) is 36.1 Å². The average Bonchev–Trinajstić information content (AvgIpc) is 2.59. The van der Waals surface area contributed by atoms with Crippen LogP contribution in [0, 0.1) is 0 Å². The van der Waals surface area contributed by atoms with Gasteiger partial charge in [-0.3, -0.25) is 9.59 Å². The number of anilines is 1. The molecule has 132 valence electrons. The number of nitrogens with one attached hydrogen (secondary N) is 2. The van der Waals surface area contributed by atoms with Crippen molar-refractivity contribution in [2.24, 2.45) is 0 Å². The predicted octanol–water partition coefficient (Wildman–Crippen LogP) is 3.21. The molecule has 5 nitrogen and oxygen atoms in total. The molecule has 0 saturated carbocycles. The van der Waals surface area contributed by atoms with Crippen LogP contribution in [0.15, 0.2) is 54.6 Å². The molecule has 0 heterocycles. The Balaban J connectivity index is 1.93. The van der Waals surface area contributed by atoms with Crippen molar-refractivity contribution in [2.45, 2.75) is 38.8 Å². The second-order valence-electron chi connectivity index (χ2n) is 6.08. The van der Waals surface area contributed by atoms with Gasteiger partial charge in [0.15, 0.2) is 0 Å². The number of carboxylic acids is 1. The highest BCUT2D eigenvalue weighted by Crippen LogP contribution is 2.12. The lowest BCUT2D eigenvalue weighted by Crippen LogP contribution is -2.31. The fraction of sp³-hybridized carbons (Fsp3) is 0.300. The molecular formula is C20H24N2O3. The molecule has 0 aliphatic heterocycles. The van der Waals surface area contributed by atoms with Crippen LogP contribution in [0.2, 0.25) is 0 Å². The zero-order chi connectivity index (χ0) is 18.1. The summed E-state index contributed by atoms with van der Waals surface area (Å²) in [7, 11) is 0. The Hall–Kier alpha value is -2.66. The number of hydrogen-bond acceptors (Lipinski definition) is 3. The molecule has 2 aromatic carbocycles. The molecule has 0 spiro atoms. The van der Waals surface area contributed by atoms with Crippen LogP contribution in [0.4, 0.5) is 5.69 Å². The van der Waals surface area contributed by atoms with Gasteiger partial charge < -0.3 is 15.7 Å². The van der Waals surface area contributed by atoms with Gasteiger partial charge in [-0.1, -0.05) is 42.5 Å². The fourth-order valence-corrected chi connectivity index (χ4v) is 2.64. The van der Waals surface area contributed by atoms with E-state index in [4.69, 9.17) is 5.11 Å². The maximum absolute atomic E-state index is 11.0. The SMILES string of the molecule is CC(=O)Nc1ccc(CNC(CCC(=O)O)Cc2ccccc2)cc1. The van der Waals surface area contributed by atoms with Crippen LogP contribution in [0.5, 0.6) is 0 Å². The molecule has 1 atom stereocenters. The molecule has 25 heavy (non-hydrogen) atoms. The van der Waals surface area contributed by atoms with Crippen LogP contribution in [-0.4, -0.2) is 23.0 Å². The van der Waals surface area contributed by atoms with Crippen molar-refractivity contribution in [1.29, 1.82) is 0 Å². The quantitative estimate of drug-likeness (QED) is 0.655. The Morgan fingerprint density at radius 2 is 1.68 bits per heavy atom. The van der Waals surface area contributed by atoms with E-state index in [9.17, 15) is 9.59 Å². The number of amides is 1. The molecule has 0 aromatic heterocycles. The highest BCUT2D eigenvalue weighted by Gasteiger charge is 2.11. The molecule has 5 heteroatoms. The van der Waals surface area contributed by atoms with E-state index in [0.717, 1.165) is 17.7 Å². The maximum atomic E-state index is 11.0. The van der Waals surface area contributed by atoms with Crippen molar-refractivity contribution in [1.82, 2.24) is 5.32 Å². The smallest absolute Gasteiger partial charge is 0.303 e. The van der Waals surface area contributed by atoms with E-state index in [1.54, 1.807) is 0 Å². The van der Waals surface area contributed by atoms with Gasteiger partial charge in [0.05, 0.1) is 0 Å². The van der Waals surface area contributed by atoms with Crippen molar-refractivity contribution >= 4 is 17.6 Å². The number of carbonyl (C=O) groups is 2. The topological polar surface area (TPSA) is 78.4 Å². The monoisotopic (exact) mass is 340 g/mol. The molecule has 0 aliphatic carbocycles. The van der Waals surface area contributed by atoms with Gasteiger partial charge in [0.2, 0.25) is 5.91 Å². The molecule has 1 amide bonds. The minimum Gasteiger partial charge on any atom is -0.481 e. The summed E-state index contributed by atoms with van der Waals surface area (Å²) in [5.41, 5.74) is 3.04. The van der Waals surface area contributed by atoms with Crippen molar-refractivity contribution in [3.63, 3.8) is 0 Å². The van der Waals surface area contributed by atoms with Crippen molar-refractivity contribution < 1.29 is 14.7 Å². The summed E-state index contributed by atoms with van der Waals surface area (Å²) in [6.45, 7) is 2.13. The first-order valence-corrected chi connectivity index (χ1v) is 8.38. The van der Waals surface area contributed by atoms with E-state index in [1.807, 2.05) is 42.5 Å². The van der Waals surface area contributed by atoms with Gasteiger partial charge in [0, 0.05) is 31.6 Å². The highest BCUT2D eigenvalue weighted by atomic mass is 16.4. The minimum absolute atomic E-state index is 0.0912. The number of carbonyl (C=O) groups excluding carboxylic acids is 1. The van der Waals surface area contributed by atoms with E-state index in [0.29, 0.717) is 13.0 Å². The largest absolute Gasteiger partial charge is 0.481 e. The average molecular weight is 340 g/mol. The molecule has 2 rings (SSSR count). The fourth-order valence-electron chi connectivity index (χ4n) is 2.64. The van der Waals surface area contributed by atoms with Crippen LogP contribution in [0.25, 0.3) is 0 Å². The Kier molecular flexibility index (Phi) is 7.16. The minimum atomic E-state index is -0.778. The molecule has 1 unspecified atom stereocenters. The van der Waals surface area contributed by atoms with Crippen LogP contribution >= 0.6 is 0 Å². The van der Waals surface area contributed by atoms with Gasteiger partial charge >= 0.3 is 5.97 Å². The zero-order valence-electron chi connectivity index (χ0n) is 14.4. The number of benzene rings is 2. The second-order valence-corrected chi connectivity index (χ2v) is 6.08. The van der Waals surface area contributed by atoms with E-state index >= 15 is 0 Å². The first-order chi connectivity index (χ1) is 12.0. The first kappa shape index (κ1) is 18.7. The normalized spacial score (nSPS) is 11.7. The van der Waals surface area contributed by atoms with E-state index < -0.39 is 5.97 Å². The predicted molar refractivity (Wildman–Crippen MR) is 98.4 cm³/mol. The van der Waals surface area contributed by atoms with Crippen LogP contribution in [0.1, 0.15) is 30.9 Å². The molecule has 0 fully saturated rings. The molecule has 3 N–H and O–H groups in total. The van der Waals surface area contributed by atoms with Gasteiger partial charge in [-0.25, -0.2) is 0 Å². The van der Waals surface area contributed by atoms with Crippen molar-refractivity contribution in [3.05, 3.63) is 65.7 Å². The van der Waals surface area contributed by atoms with Crippen LogP contribution in [-0.2, 0) is 22.6 Å². The van der Waals surface area contributed by atoms with Crippen molar-refractivity contribution in [3.8, 4) is 0 Å². The molecule has 0 radical (unpaired) electrons. The first-order valence-electron chi connectivity index (χ1n) is 8.38. The number of aliphatic carboxylic acids is 1. The lowest BCUT2D eigenvalue weighted by molar-refractivity contribution is -0.137. The summed E-state index contributed by atoms with van der Waals surface area (Å²) in [4.78, 5) is 21.9. The number of carboxylic acid groups (broad SMARTS) is 1. The summed E-state index contributed by atoms with van der Waals surface area (Å²) in [5.74, 6) is -0.873. The van der Waals surface area contributed by atoms with Crippen LogP contribution in [0.3, 0.4) is 0 Å². The van der Waals surface area contributed by atoms with Gasteiger partial charge in [-0.15, -0.1) is 0 Å².